The molecule has 3 aromatic heterocycles. The summed E-state index contributed by atoms with van der Waals surface area (Å²) in [5.74, 6) is 0.538. The van der Waals surface area contributed by atoms with Crippen molar-refractivity contribution in [2.45, 2.75) is 38.6 Å². The second-order valence-electron chi connectivity index (χ2n) is 7.20. The summed E-state index contributed by atoms with van der Waals surface area (Å²) in [4.78, 5) is 38.1. The number of nitrogens with one attached hydrogen (secondary N) is 1. The van der Waals surface area contributed by atoms with E-state index in [1.807, 2.05) is 25.1 Å². The number of aromatic nitrogens is 3. The molecule has 0 spiro atoms. The van der Waals surface area contributed by atoms with Gasteiger partial charge in [-0.05, 0) is 43.4 Å². The highest BCUT2D eigenvalue weighted by atomic mass is 32.1. The molecule has 0 unspecified atom stereocenters. The van der Waals surface area contributed by atoms with Crippen LogP contribution >= 0.6 is 11.3 Å². The van der Waals surface area contributed by atoms with E-state index in [1.165, 1.54) is 16.9 Å². The molecule has 4 rings (SSSR count). The topological polar surface area (TPSA) is 80.1 Å². The lowest BCUT2D eigenvalue weighted by Crippen LogP contribution is -2.24. The highest BCUT2D eigenvalue weighted by Crippen LogP contribution is 2.33. The van der Waals surface area contributed by atoms with Gasteiger partial charge in [0.15, 0.2) is 5.82 Å². The van der Waals surface area contributed by atoms with Crippen LogP contribution in [0.4, 0.5) is 11.5 Å². The lowest BCUT2D eigenvalue weighted by Gasteiger charge is -2.16. The summed E-state index contributed by atoms with van der Waals surface area (Å²) in [5.41, 5.74) is 1.80. The van der Waals surface area contributed by atoms with E-state index in [9.17, 15) is 9.59 Å². The number of thiophene rings is 1. The summed E-state index contributed by atoms with van der Waals surface area (Å²) >= 11 is 1.64. The van der Waals surface area contributed by atoms with E-state index in [2.05, 4.69) is 15.3 Å². The van der Waals surface area contributed by atoms with E-state index < -0.39 is 0 Å². The van der Waals surface area contributed by atoms with E-state index in [0.717, 1.165) is 29.5 Å². The predicted octanol–water partition coefficient (Wildman–Crippen LogP) is 2.83. The summed E-state index contributed by atoms with van der Waals surface area (Å²) < 4.78 is 1.56. The Hall–Kier alpha value is -2.74. The molecule has 146 valence electrons. The number of hydrogen-bond donors (Lipinski definition) is 1. The highest BCUT2D eigenvalue weighted by Gasteiger charge is 2.20. The Labute approximate surface area is 167 Å². The normalized spacial score (nSPS) is 13.4. The van der Waals surface area contributed by atoms with Crippen molar-refractivity contribution in [2.24, 2.45) is 0 Å². The Morgan fingerprint density at radius 2 is 2.11 bits per heavy atom. The Balaban J connectivity index is 1.51. The fourth-order valence-corrected chi connectivity index (χ4v) is 4.85. The lowest BCUT2D eigenvalue weighted by molar-refractivity contribution is -0.116. The minimum Gasteiger partial charge on any atom is -0.361 e. The van der Waals surface area contributed by atoms with E-state index in [-0.39, 0.29) is 17.9 Å². The molecule has 1 aliphatic rings. The van der Waals surface area contributed by atoms with Gasteiger partial charge in [0.2, 0.25) is 5.91 Å². The zero-order valence-electron chi connectivity index (χ0n) is 16.1. The SMILES string of the molecule is CN(C)c1ncccc1NC(=O)CCn1cnc2sc3c(c2c1=O)CCCC3. The maximum atomic E-state index is 13.0. The van der Waals surface area contributed by atoms with Crippen LogP contribution in [-0.2, 0) is 24.2 Å². The maximum absolute atomic E-state index is 13.0. The monoisotopic (exact) mass is 397 g/mol. The number of rotatable bonds is 5. The molecule has 0 saturated carbocycles. The fraction of sp³-hybridized carbons (Fsp3) is 0.400. The van der Waals surface area contributed by atoms with E-state index in [1.54, 1.807) is 34.5 Å². The van der Waals surface area contributed by atoms with Crippen molar-refractivity contribution in [3.05, 3.63) is 45.5 Å². The summed E-state index contributed by atoms with van der Waals surface area (Å²) in [6.45, 7) is 0.301. The molecule has 0 fully saturated rings. The Kier molecular flexibility index (Phi) is 5.13. The third-order valence-electron chi connectivity index (χ3n) is 5.01. The van der Waals surface area contributed by atoms with Gasteiger partial charge in [-0.15, -0.1) is 11.3 Å². The molecule has 0 saturated heterocycles. The number of carbonyl (C=O) groups is 1. The Morgan fingerprint density at radius 1 is 1.29 bits per heavy atom. The van der Waals surface area contributed by atoms with E-state index in [4.69, 9.17) is 0 Å². The quantitative estimate of drug-likeness (QED) is 0.716. The van der Waals surface area contributed by atoms with E-state index >= 15 is 0 Å². The van der Waals surface area contributed by atoms with Gasteiger partial charge in [-0.2, -0.15) is 0 Å². The highest BCUT2D eigenvalue weighted by molar-refractivity contribution is 7.18. The van der Waals surface area contributed by atoms with Crippen LogP contribution < -0.4 is 15.8 Å². The molecule has 28 heavy (non-hydrogen) atoms. The van der Waals surface area contributed by atoms with Crippen molar-refractivity contribution in [2.75, 3.05) is 24.3 Å². The molecule has 0 bridgehead atoms. The third kappa shape index (κ3) is 3.52. The van der Waals surface area contributed by atoms with Crippen LogP contribution in [0.2, 0.25) is 0 Å². The summed E-state index contributed by atoms with van der Waals surface area (Å²) in [6, 6.07) is 3.60. The van der Waals surface area contributed by atoms with Crippen LogP contribution in [0.5, 0.6) is 0 Å². The number of amides is 1. The van der Waals surface area contributed by atoms with Crippen molar-refractivity contribution in [3.8, 4) is 0 Å². The third-order valence-corrected chi connectivity index (χ3v) is 6.21. The van der Waals surface area contributed by atoms with Crippen molar-refractivity contribution in [1.82, 2.24) is 14.5 Å². The molecular weight excluding hydrogens is 374 g/mol. The summed E-state index contributed by atoms with van der Waals surface area (Å²) in [6.07, 6.45) is 7.73. The predicted molar refractivity (Wildman–Crippen MR) is 112 cm³/mol. The first-order valence-corrected chi connectivity index (χ1v) is 10.3. The van der Waals surface area contributed by atoms with Gasteiger partial charge >= 0.3 is 0 Å². The molecule has 0 aromatic carbocycles. The van der Waals surface area contributed by atoms with Gasteiger partial charge in [-0.25, -0.2) is 9.97 Å². The van der Waals surface area contributed by atoms with Crippen LogP contribution in [0.3, 0.4) is 0 Å². The smallest absolute Gasteiger partial charge is 0.262 e. The van der Waals surface area contributed by atoms with Crippen molar-refractivity contribution >= 4 is 39.0 Å². The van der Waals surface area contributed by atoms with Crippen LogP contribution in [0.1, 0.15) is 29.7 Å². The molecule has 1 N–H and O–H groups in total. The van der Waals surface area contributed by atoms with Crippen LogP contribution in [0, 0.1) is 0 Å². The number of aryl methyl sites for hydroxylation is 3. The molecule has 3 heterocycles. The number of carbonyl (C=O) groups excluding carboxylic acids is 1. The Morgan fingerprint density at radius 3 is 2.93 bits per heavy atom. The number of anilines is 2. The second-order valence-corrected chi connectivity index (χ2v) is 8.28. The summed E-state index contributed by atoms with van der Waals surface area (Å²) in [7, 11) is 3.75. The van der Waals surface area contributed by atoms with Gasteiger partial charge < -0.3 is 10.2 Å². The number of pyridine rings is 1. The molecule has 0 atom stereocenters. The van der Waals surface area contributed by atoms with Crippen molar-refractivity contribution in [1.29, 1.82) is 0 Å². The lowest BCUT2D eigenvalue weighted by atomic mass is 9.97. The molecular formula is C20H23N5O2S. The molecule has 0 aliphatic heterocycles. The van der Waals surface area contributed by atoms with Crippen LogP contribution in [0.15, 0.2) is 29.5 Å². The second kappa shape index (κ2) is 7.71. The molecule has 1 aliphatic carbocycles. The first-order valence-electron chi connectivity index (χ1n) is 9.46. The molecule has 7 nitrogen and oxygen atoms in total. The molecule has 8 heteroatoms. The number of hydrogen-bond acceptors (Lipinski definition) is 6. The number of nitrogens with zero attached hydrogens (tertiary/aromatic N) is 4. The van der Waals surface area contributed by atoms with Crippen LogP contribution in [-0.4, -0.2) is 34.5 Å². The average Bonchev–Trinajstić information content (AvgIpc) is 3.07. The van der Waals surface area contributed by atoms with Crippen molar-refractivity contribution in [3.63, 3.8) is 0 Å². The van der Waals surface area contributed by atoms with Gasteiger partial charge in [0.1, 0.15) is 4.83 Å². The van der Waals surface area contributed by atoms with Gasteiger partial charge in [-0.3, -0.25) is 14.2 Å². The van der Waals surface area contributed by atoms with Gasteiger partial charge in [-0.1, -0.05) is 0 Å². The average molecular weight is 398 g/mol. The maximum Gasteiger partial charge on any atom is 0.262 e. The Bertz CT molecular complexity index is 1090. The van der Waals surface area contributed by atoms with Crippen LogP contribution in [0.25, 0.3) is 10.2 Å². The minimum absolute atomic E-state index is 0.0347. The van der Waals surface area contributed by atoms with Gasteiger partial charge in [0.25, 0.3) is 5.56 Å². The first-order chi connectivity index (χ1) is 13.5. The molecule has 3 aromatic rings. The zero-order chi connectivity index (χ0) is 19.7. The number of fused-ring (bicyclic) bond motifs is 3. The fourth-order valence-electron chi connectivity index (χ4n) is 3.63. The first kappa shape index (κ1) is 18.6. The van der Waals surface area contributed by atoms with Gasteiger partial charge in [0.05, 0.1) is 17.4 Å². The standard InChI is InChI=1S/C20H23N5O2S/c1-24(2)18-14(7-5-10-21-18)23-16(26)9-11-25-12-22-19-17(20(25)27)13-6-3-4-8-15(13)28-19/h5,7,10,12H,3-4,6,8-9,11H2,1-2H3,(H,23,26). The summed E-state index contributed by atoms with van der Waals surface area (Å²) in [5, 5.41) is 3.64. The zero-order valence-corrected chi connectivity index (χ0v) is 16.9. The minimum atomic E-state index is -0.157. The van der Waals surface area contributed by atoms with E-state index in [0.29, 0.717) is 18.1 Å². The largest absolute Gasteiger partial charge is 0.361 e. The van der Waals surface area contributed by atoms with Crippen molar-refractivity contribution < 1.29 is 4.79 Å². The van der Waals surface area contributed by atoms with Gasteiger partial charge in [0, 0.05) is 38.1 Å². The molecule has 1 amide bonds. The molecule has 0 radical (unpaired) electrons.